The van der Waals surface area contributed by atoms with Gasteiger partial charge in [0.25, 0.3) is 0 Å². The summed E-state index contributed by atoms with van der Waals surface area (Å²) in [6.45, 7) is 4.42. The van der Waals surface area contributed by atoms with Crippen LogP contribution in [-0.2, 0) is 4.74 Å². The standard InChI is InChI=1S/C20H17Br2NO2/c1-12(2)11-25-20(24)17-10-19(13-3-5-14(21)6-4-13)23-18-8-7-15(22)9-16(17)18/h3-10,12H,11H2,1-2H3. The first-order valence-corrected chi connectivity index (χ1v) is 9.56. The van der Waals surface area contributed by atoms with Crippen molar-refractivity contribution >= 4 is 48.7 Å². The molecule has 0 N–H and O–H groups in total. The van der Waals surface area contributed by atoms with Crippen LogP contribution >= 0.6 is 31.9 Å². The fourth-order valence-corrected chi connectivity index (χ4v) is 3.08. The van der Waals surface area contributed by atoms with Gasteiger partial charge in [0, 0.05) is 19.9 Å². The van der Waals surface area contributed by atoms with Crippen LogP contribution < -0.4 is 0 Å². The molecular formula is C20H17Br2NO2. The molecule has 5 heteroatoms. The van der Waals surface area contributed by atoms with E-state index in [1.807, 2.05) is 56.3 Å². The maximum Gasteiger partial charge on any atom is 0.338 e. The van der Waals surface area contributed by atoms with Gasteiger partial charge in [-0.15, -0.1) is 0 Å². The van der Waals surface area contributed by atoms with Gasteiger partial charge in [-0.25, -0.2) is 9.78 Å². The molecule has 0 bridgehead atoms. The summed E-state index contributed by atoms with van der Waals surface area (Å²) in [5.74, 6) is -0.0349. The van der Waals surface area contributed by atoms with Gasteiger partial charge in [-0.3, -0.25) is 0 Å². The smallest absolute Gasteiger partial charge is 0.338 e. The summed E-state index contributed by atoms with van der Waals surface area (Å²) >= 11 is 6.90. The van der Waals surface area contributed by atoms with Crippen LogP contribution in [0.5, 0.6) is 0 Å². The predicted octanol–water partition coefficient (Wildman–Crippen LogP) is 6.24. The minimum absolute atomic E-state index is 0.287. The monoisotopic (exact) mass is 461 g/mol. The Morgan fingerprint density at radius 2 is 1.72 bits per heavy atom. The van der Waals surface area contributed by atoms with Crippen molar-refractivity contribution in [2.24, 2.45) is 5.92 Å². The van der Waals surface area contributed by atoms with Crippen molar-refractivity contribution in [2.75, 3.05) is 6.61 Å². The van der Waals surface area contributed by atoms with Gasteiger partial charge in [-0.1, -0.05) is 57.8 Å². The third-order valence-corrected chi connectivity index (χ3v) is 4.70. The number of aromatic nitrogens is 1. The second kappa shape index (κ2) is 7.67. The van der Waals surface area contributed by atoms with Crippen LogP contribution in [0.25, 0.3) is 22.2 Å². The molecule has 0 aliphatic heterocycles. The van der Waals surface area contributed by atoms with Crippen molar-refractivity contribution in [3.05, 3.63) is 63.0 Å². The summed E-state index contributed by atoms with van der Waals surface area (Å²) in [6, 6.07) is 15.4. The molecule has 1 aromatic heterocycles. The summed E-state index contributed by atoms with van der Waals surface area (Å²) < 4.78 is 7.35. The van der Waals surface area contributed by atoms with Crippen LogP contribution in [0.2, 0.25) is 0 Å². The molecule has 0 amide bonds. The van der Waals surface area contributed by atoms with Crippen molar-refractivity contribution in [3.8, 4) is 11.3 Å². The third kappa shape index (κ3) is 4.28. The number of esters is 1. The lowest BCUT2D eigenvalue weighted by atomic mass is 10.0. The number of benzene rings is 2. The fourth-order valence-electron chi connectivity index (χ4n) is 2.46. The highest BCUT2D eigenvalue weighted by atomic mass is 79.9. The van der Waals surface area contributed by atoms with Gasteiger partial charge in [0.2, 0.25) is 0 Å². The molecule has 3 rings (SSSR count). The number of fused-ring (bicyclic) bond motifs is 1. The average molecular weight is 463 g/mol. The molecule has 25 heavy (non-hydrogen) atoms. The van der Waals surface area contributed by atoms with Crippen LogP contribution in [0.3, 0.4) is 0 Å². The normalized spacial score (nSPS) is 11.1. The Morgan fingerprint density at radius 3 is 2.40 bits per heavy atom. The summed E-state index contributed by atoms with van der Waals surface area (Å²) in [7, 11) is 0. The Labute approximate surface area is 163 Å². The number of carbonyl (C=O) groups excluding carboxylic acids is 1. The Morgan fingerprint density at radius 1 is 1.04 bits per heavy atom. The number of rotatable bonds is 4. The highest BCUT2D eigenvalue weighted by Gasteiger charge is 2.16. The van der Waals surface area contributed by atoms with Crippen LogP contribution in [-0.4, -0.2) is 17.6 Å². The molecule has 0 aliphatic carbocycles. The largest absolute Gasteiger partial charge is 0.462 e. The summed E-state index contributed by atoms with van der Waals surface area (Å²) in [4.78, 5) is 17.3. The molecule has 0 atom stereocenters. The number of hydrogen-bond acceptors (Lipinski definition) is 3. The molecule has 2 aromatic carbocycles. The van der Waals surface area contributed by atoms with Gasteiger partial charge >= 0.3 is 5.97 Å². The van der Waals surface area contributed by atoms with E-state index < -0.39 is 0 Å². The van der Waals surface area contributed by atoms with Crippen LogP contribution in [0.1, 0.15) is 24.2 Å². The van der Waals surface area contributed by atoms with E-state index in [4.69, 9.17) is 9.72 Å². The Kier molecular flexibility index (Phi) is 5.54. The number of hydrogen-bond donors (Lipinski definition) is 0. The molecule has 0 spiro atoms. The lowest BCUT2D eigenvalue weighted by molar-refractivity contribution is 0.0461. The van der Waals surface area contributed by atoms with Gasteiger partial charge in [-0.05, 0) is 42.3 Å². The van der Waals surface area contributed by atoms with E-state index >= 15 is 0 Å². The molecule has 1 heterocycles. The van der Waals surface area contributed by atoms with E-state index in [0.717, 1.165) is 31.1 Å². The van der Waals surface area contributed by atoms with Gasteiger partial charge in [-0.2, -0.15) is 0 Å². The molecule has 128 valence electrons. The topological polar surface area (TPSA) is 39.2 Å². The number of ether oxygens (including phenoxy) is 1. The second-order valence-corrected chi connectivity index (χ2v) is 8.05. The first-order chi connectivity index (χ1) is 11.9. The van der Waals surface area contributed by atoms with Crippen LogP contribution in [0.15, 0.2) is 57.5 Å². The van der Waals surface area contributed by atoms with E-state index in [0.29, 0.717) is 12.2 Å². The van der Waals surface area contributed by atoms with Gasteiger partial charge < -0.3 is 4.74 Å². The van der Waals surface area contributed by atoms with Crippen molar-refractivity contribution in [2.45, 2.75) is 13.8 Å². The Bertz CT molecular complexity index is 921. The molecule has 0 unspecified atom stereocenters. The number of pyridine rings is 1. The molecule has 0 saturated carbocycles. The van der Waals surface area contributed by atoms with E-state index in [-0.39, 0.29) is 11.9 Å². The fraction of sp³-hybridized carbons (Fsp3) is 0.200. The zero-order valence-electron chi connectivity index (χ0n) is 13.9. The highest BCUT2D eigenvalue weighted by molar-refractivity contribution is 9.10. The zero-order valence-corrected chi connectivity index (χ0v) is 17.1. The predicted molar refractivity (Wildman–Crippen MR) is 108 cm³/mol. The zero-order chi connectivity index (χ0) is 18.0. The Hall–Kier alpha value is -1.72. The lowest BCUT2D eigenvalue weighted by Crippen LogP contribution is -2.11. The van der Waals surface area contributed by atoms with E-state index in [1.165, 1.54) is 0 Å². The van der Waals surface area contributed by atoms with Crippen molar-refractivity contribution in [3.63, 3.8) is 0 Å². The van der Waals surface area contributed by atoms with Crippen LogP contribution in [0.4, 0.5) is 0 Å². The van der Waals surface area contributed by atoms with Gasteiger partial charge in [0.15, 0.2) is 0 Å². The second-order valence-electron chi connectivity index (χ2n) is 6.22. The third-order valence-electron chi connectivity index (χ3n) is 3.68. The minimum Gasteiger partial charge on any atom is -0.462 e. The molecule has 0 radical (unpaired) electrons. The molecular weight excluding hydrogens is 446 g/mol. The van der Waals surface area contributed by atoms with E-state index in [9.17, 15) is 4.79 Å². The highest BCUT2D eigenvalue weighted by Crippen LogP contribution is 2.28. The average Bonchev–Trinajstić information content (AvgIpc) is 2.59. The Balaban J connectivity index is 2.13. The first-order valence-electron chi connectivity index (χ1n) is 7.97. The minimum atomic E-state index is -0.322. The SMILES string of the molecule is CC(C)COC(=O)c1cc(-c2ccc(Br)cc2)nc2ccc(Br)cc12. The summed E-state index contributed by atoms with van der Waals surface area (Å²) in [5.41, 5.74) is 3.00. The van der Waals surface area contributed by atoms with E-state index in [2.05, 4.69) is 31.9 Å². The summed E-state index contributed by atoms with van der Waals surface area (Å²) in [5, 5.41) is 0.781. The van der Waals surface area contributed by atoms with Crippen LogP contribution in [0, 0.1) is 5.92 Å². The van der Waals surface area contributed by atoms with E-state index in [1.54, 1.807) is 6.07 Å². The number of halogens is 2. The van der Waals surface area contributed by atoms with Crippen molar-refractivity contribution in [1.82, 2.24) is 4.98 Å². The molecule has 0 aliphatic rings. The number of carbonyl (C=O) groups is 1. The number of nitrogens with zero attached hydrogens (tertiary/aromatic N) is 1. The van der Waals surface area contributed by atoms with Crippen molar-refractivity contribution in [1.29, 1.82) is 0 Å². The lowest BCUT2D eigenvalue weighted by Gasteiger charge is -2.12. The van der Waals surface area contributed by atoms with Crippen molar-refractivity contribution < 1.29 is 9.53 Å². The van der Waals surface area contributed by atoms with Gasteiger partial charge in [0.05, 0.1) is 23.4 Å². The first kappa shape index (κ1) is 18.1. The maximum absolute atomic E-state index is 12.6. The van der Waals surface area contributed by atoms with Gasteiger partial charge in [0.1, 0.15) is 0 Å². The summed E-state index contributed by atoms with van der Waals surface area (Å²) in [6.07, 6.45) is 0. The maximum atomic E-state index is 12.6. The molecule has 0 fully saturated rings. The quantitative estimate of drug-likeness (QED) is 0.430. The molecule has 0 saturated heterocycles. The molecule has 3 nitrogen and oxygen atoms in total. The molecule has 3 aromatic rings.